The number of hydrogen-bond donors (Lipinski definition) is 1. The van der Waals surface area contributed by atoms with Gasteiger partial charge in [0.05, 0.1) is 0 Å². The molecule has 1 N–H and O–H groups in total. The number of aliphatic hydroxyl groups excluding tert-OH is 1. The van der Waals surface area contributed by atoms with Crippen molar-refractivity contribution in [1.82, 2.24) is 14.7 Å². The Labute approximate surface area is 202 Å². The molecule has 3 fully saturated rings. The van der Waals surface area contributed by atoms with Gasteiger partial charge in [-0.2, -0.15) is 0 Å². The SMILES string of the molecule is CC(C)N1CCC(CO)CC1.CC1CCN(C(C)C)CC1.CCC1CCN(C(C)C)CC1. The van der Waals surface area contributed by atoms with E-state index in [1.54, 1.807) is 0 Å². The van der Waals surface area contributed by atoms with Crippen molar-refractivity contribution in [2.75, 3.05) is 45.9 Å². The Balaban J connectivity index is 0.000000240. The van der Waals surface area contributed by atoms with Gasteiger partial charge < -0.3 is 19.8 Å². The molecule has 0 bridgehead atoms. The highest BCUT2D eigenvalue weighted by Gasteiger charge is 2.20. The lowest BCUT2D eigenvalue weighted by Gasteiger charge is -2.34. The Kier molecular flexibility index (Phi) is 15.4. The molecule has 0 spiro atoms. The van der Waals surface area contributed by atoms with Gasteiger partial charge in [-0.15, -0.1) is 0 Å². The Morgan fingerprint density at radius 2 is 0.906 bits per heavy atom. The Morgan fingerprint density at radius 1 is 0.594 bits per heavy atom. The molecule has 0 aliphatic carbocycles. The second kappa shape index (κ2) is 16.5. The molecule has 4 nitrogen and oxygen atoms in total. The monoisotopic (exact) mass is 453 g/mol. The summed E-state index contributed by atoms with van der Waals surface area (Å²) in [5, 5.41) is 8.90. The average Bonchev–Trinajstić information content (AvgIpc) is 2.80. The van der Waals surface area contributed by atoms with Crippen LogP contribution in [0.15, 0.2) is 0 Å². The molecule has 0 radical (unpaired) electrons. The molecular formula is C28H59N3O. The summed E-state index contributed by atoms with van der Waals surface area (Å²) in [4.78, 5) is 7.64. The van der Waals surface area contributed by atoms with Gasteiger partial charge in [-0.25, -0.2) is 0 Å². The molecule has 0 aromatic rings. The molecule has 0 saturated carbocycles. The standard InChI is InChI=1S/C10H21N.C9H19NO.C9H19N/c1-4-10-5-7-11(8-6-10)9(2)3;1-8(2)10-5-3-9(7-11)4-6-10;1-8(2)10-6-4-9(3)5-7-10/h9-10H,4-8H2,1-3H3;8-9,11H,3-7H2,1-2H3;8-9H,4-7H2,1-3H3. The van der Waals surface area contributed by atoms with Crippen LogP contribution in [0.4, 0.5) is 0 Å². The molecule has 32 heavy (non-hydrogen) atoms. The highest BCUT2D eigenvalue weighted by molar-refractivity contribution is 4.74. The fraction of sp³-hybridized carbons (Fsp3) is 1.00. The zero-order chi connectivity index (χ0) is 24.1. The third kappa shape index (κ3) is 11.8. The van der Waals surface area contributed by atoms with E-state index in [0.29, 0.717) is 18.6 Å². The number of aliphatic hydroxyl groups is 1. The van der Waals surface area contributed by atoms with Crippen molar-refractivity contribution in [3.8, 4) is 0 Å². The summed E-state index contributed by atoms with van der Waals surface area (Å²) in [6, 6.07) is 2.19. The number of rotatable bonds is 5. The zero-order valence-corrected chi connectivity index (χ0v) is 23.2. The van der Waals surface area contributed by atoms with Gasteiger partial charge in [-0.3, -0.25) is 0 Å². The fourth-order valence-corrected chi connectivity index (χ4v) is 5.07. The molecule has 3 saturated heterocycles. The summed E-state index contributed by atoms with van der Waals surface area (Å²) in [6.07, 6.45) is 9.38. The summed E-state index contributed by atoms with van der Waals surface area (Å²) < 4.78 is 0. The zero-order valence-electron chi connectivity index (χ0n) is 23.2. The fourth-order valence-electron chi connectivity index (χ4n) is 5.07. The molecule has 3 aliphatic heterocycles. The van der Waals surface area contributed by atoms with Crippen molar-refractivity contribution in [3.05, 3.63) is 0 Å². The predicted molar refractivity (Wildman–Crippen MR) is 141 cm³/mol. The van der Waals surface area contributed by atoms with Gasteiger partial charge in [-0.05, 0) is 137 Å². The first-order valence-electron chi connectivity index (χ1n) is 14.0. The third-order valence-electron chi connectivity index (χ3n) is 8.14. The first-order valence-corrected chi connectivity index (χ1v) is 14.0. The highest BCUT2D eigenvalue weighted by Crippen LogP contribution is 2.21. The summed E-state index contributed by atoms with van der Waals surface area (Å²) in [5.41, 5.74) is 0. The van der Waals surface area contributed by atoms with Crippen LogP contribution in [-0.4, -0.2) is 83.8 Å². The average molecular weight is 454 g/mol. The first-order chi connectivity index (χ1) is 15.2. The minimum atomic E-state index is 0.381. The number of likely N-dealkylation sites (tertiary alicyclic amines) is 3. The van der Waals surface area contributed by atoms with E-state index in [1.165, 1.54) is 84.2 Å². The van der Waals surface area contributed by atoms with Gasteiger partial charge in [0.15, 0.2) is 0 Å². The molecular weight excluding hydrogens is 394 g/mol. The van der Waals surface area contributed by atoms with E-state index in [2.05, 4.69) is 70.1 Å². The molecule has 3 aliphatic rings. The van der Waals surface area contributed by atoms with E-state index < -0.39 is 0 Å². The van der Waals surface area contributed by atoms with Crippen molar-refractivity contribution < 1.29 is 5.11 Å². The number of hydrogen-bond acceptors (Lipinski definition) is 4. The van der Waals surface area contributed by atoms with Crippen LogP contribution in [0.25, 0.3) is 0 Å². The van der Waals surface area contributed by atoms with Crippen LogP contribution in [0.5, 0.6) is 0 Å². The number of nitrogens with zero attached hydrogens (tertiary/aromatic N) is 3. The molecule has 192 valence electrons. The van der Waals surface area contributed by atoms with Crippen molar-refractivity contribution in [3.63, 3.8) is 0 Å². The van der Waals surface area contributed by atoms with Gasteiger partial charge in [0.2, 0.25) is 0 Å². The molecule has 0 aromatic carbocycles. The van der Waals surface area contributed by atoms with Crippen LogP contribution in [0.3, 0.4) is 0 Å². The van der Waals surface area contributed by atoms with Crippen molar-refractivity contribution >= 4 is 0 Å². The van der Waals surface area contributed by atoms with Gasteiger partial charge >= 0.3 is 0 Å². The van der Waals surface area contributed by atoms with E-state index in [0.717, 1.165) is 23.9 Å². The van der Waals surface area contributed by atoms with Gasteiger partial charge in [0, 0.05) is 24.7 Å². The van der Waals surface area contributed by atoms with Crippen molar-refractivity contribution in [1.29, 1.82) is 0 Å². The first kappa shape index (κ1) is 29.9. The lowest BCUT2D eigenvalue weighted by molar-refractivity contribution is 0.111. The Bertz CT molecular complexity index is 402. The van der Waals surface area contributed by atoms with Crippen LogP contribution in [0.1, 0.15) is 100 Å². The van der Waals surface area contributed by atoms with Crippen LogP contribution in [0, 0.1) is 17.8 Å². The molecule has 0 amide bonds. The lowest BCUT2D eigenvalue weighted by atomic mass is 9.94. The largest absolute Gasteiger partial charge is 0.396 e. The van der Waals surface area contributed by atoms with E-state index in [1.807, 2.05) is 0 Å². The van der Waals surface area contributed by atoms with E-state index >= 15 is 0 Å². The Morgan fingerprint density at radius 3 is 1.19 bits per heavy atom. The van der Waals surface area contributed by atoms with Crippen LogP contribution in [-0.2, 0) is 0 Å². The van der Waals surface area contributed by atoms with Crippen LogP contribution in [0.2, 0.25) is 0 Å². The Hall–Kier alpha value is -0.160. The summed E-state index contributed by atoms with van der Waals surface area (Å²) in [5.74, 6) is 2.56. The maximum atomic E-state index is 8.90. The van der Waals surface area contributed by atoms with Crippen LogP contribution < -0.4 is 0 Å². The molecule has 0 atom stereocenters. The van der Waals surface area contributed by atoms with Gasteiger partial charge in [0.25, 0.3) is 0 Å². The normalized spacial score (nSPS) is 23.2. The smallest absolute Gasteiger partial charge is 0.0460 e. The van der Waals surface area contributed by atoms with Crippen LogP contribution >= 0.6 is 0 Å². The maximum Gasteiger partial charge on any atom is 0.0460 e. The number of piperidine rings is 3. The highest BCUT2D eigenvalue weighted by atomic mass is 16.3. The minimum absolute atomic E-state index is 0.381. The third-order valence-corrected chi connectivity index (χ3v) is 8.14. The maximum absolute atomic E-state index is 8.90. The van der Waals surface area contributed by atoms with E-state index in [4.69, 9.17) is 5.11 Å². The molecule has 4 heteroatoms. The lowest BCUT2D eigenvalue weighted by Crippen LogP contribution is -2.39. The molecule has 3 rings (SSSR count). The van der Waals surface area contributed by atoms with Crippen molar-refractivity contribution in [2.24, 2.45) is 17.8 Å². The second-order valence-electron chi connectivity index (χ2n) is 11.5. The second-order valence-corrected chi connectivity index (χ2v) is 11.5. The molecule has 0 unspecified atom stereocenters. The molecule has 3 heterocycles. The quantitative estimate of drug-likeness (QED) is 0.575. The topological polar surface area (TPSA) is 30.0 Å². The summed E-state index contributed by atoms with van der Waals surface area (Å²) in [7, 11) is 0. The van der Waals surface area contributed by atoms with Crippen molar-refractivity contribution in [2.45, 2.75) is 118 Å². The van der Waals surface area contributed by atoms with Gasteiger partial charge in [-0.1, -0.05) is 20.3 Å². The van der Waals surface area contributed by atoms with E-state index in [-0.39, 0.29) is 0 Å². The molecule has 0 aromatic heterocycles. The van der Waals surface area contributed by atoms with E-state index in [9.17, 15) is 0 Å². The summed E-state index contributed by atoms with van der Waals surface area (Å²) in [6.45, 7) is 26.3. The van der Waals surface area contributed by atoms with Gasteiger partial charge in [0.1, 0.15) is 0 Å². The summed E-state index contributed by atoms with van der Waals surface area (Å²) >= 11 is 0. The minimum Gasteiger partial charge on any atom is -0.396 e. The predicted octanol–water partition coefficient (Wildman–Crippen LogP) is 5.74.